The Morgan fingerprint density at radius 3 is 2.78 bits per heavy atom. The molecule has 2 aromatic rings. The van der Waals surface area contributed by atoms with E-state index in [0.29, 0.717) is 5.82 Å². The number of nitrogen functional groups attached to an aromatic ring is 1. The number of hydrogen-bond acceptors (Lipinski definition) is 6. The number of ether oxygens (including phenoxy) is 2. The molecule has 0 radical (unpaired) electrons. The van der Waals surface area contributed by atoms with Gasteiger partial charge in [-0.2, -0.15) is 5.10 Å². The summed E-state index contributed by atoms with van der Waals surface area (Å²) in [5.41, 5.74) is 7.46. The average molecular weight is 318 g/mol. The van der Waals surface area contributed by atoms with Gasteiger partial charge in [0.2, 0.25) is 0 Å². The van der Waals surface area contributed by atoms with Crippen LogP contribution in [0.4, 0.5) is 5.82 Å². The Bertz CT molecular complexity index is 674. The summed E-state index contributed by atoms with van der Waals surface area (Å²) in [5, 5.41) is 4.21. The van der Waals surface area contributed by atoms with Crippen LogP contribution in [0.5, 0.6) is 0 Å². The highest BCUT2D eigenvalue weighted by Gasteiger charge is 2.19. The van der Waals surface area contributed by atoms with E-state index in [9.17, 15) is 4.79 Å². The zero-order valence-electron chi connectivity index (χ0n) is 14.0. The van der Waals surface area contributed by atoms with Crippen LogP contribution in [0.2, 0.25) is 6.32 Å². The molecule has 7 nitrogen and oxygen atoms in total. The Labute approximate surface area is 136 Å². The molecular formula is C15H23BN4O3. The molecule has 0 aliphatic carbocycles. The van der Waals surface area contributed by atoms with Crippen LogP contribution in [0.25, 0.3) is 5.52 Å². The second-order valence-electron chi connectivity index (χ2n) is 5.79. The summed E-state index contributed by atoms with van der Waals surface area (Å²) in [7, 11) is 2.00. The molecule has 8 heteroatoms. The van der Waals surface area contributed by atoms with Crippen molar-refractivity contribution in [1.82, 2.24) is 14.6 Å². The number of anilines is 1. The lowest BCUT2D eigenvalue weighted by atomic mass is 9.99. The number of aromatic nitrogens is 3. The van der Waals surface area contributed by atoms with E-state index < -0.39 is 0 Å². The molecule has 0 aliphatic heterocycles. The van der Waals surface area contributed by atoms with Gasteiger partial charge in [-0.25, -0.2) is 9.50 Å². The van der Waals surface area contributed by atoms with Crippen molar-refractivity contribution in [3.8, 4) is 0 Å². The van der Waals surface area contributed by atoms with E-state index in [0.717, 1.165) is 17.5 Å². The first kappa shape index (κ1) is 17.3. The van der Waals surface area contributed by atoms with Crippen LogP contribution in [0.3, 0.4) is 0 Å². The first-order valence-corrected chi connectivity index (χ1v) is 7.84. The van der Waals surface area contributed by atoms with Gasteiger partial charge in [0.15, 0.2) is 5.82 Å². The summed E-state index contributed by atoms with van der Waals surface area (Å²) in [6, 6.07) is 3.78. The number of rotatable bonds is 7. The molecule has 1 unspecified atom stereocenters. The minimum absolute atomic E-state index is 0.140. The third-order valence-corrected chi connectivity index (χ3v) is 3.66. The van der Waals surface area contributed by atoms with Gasteiger partial charge in [-0.05, 0) is 19.1 Å². The summed E-state index contributed by atoms with van der Waals surface area (Å²) in [6.07, 6.45) is 1.78. The van der Waals surface area contributed by atoms with Crippen LogP contribution in [-0.4, -0.2) is 41.1 Å². The Balaban J connectivity index is 2.05. The molecule has 2 N–H and O–H groups in total. The van der Waals surface area contributed by atoms with Crippen molar-refractivity contribution in [3.05, 3.63) is 24.2 Å². The van der Waals surface area contributed by atoms with Gasteiger partial charge in [-0.15, -0.1) is 0 Å². The molecule has 2 rings (SSSR count). The van der Waals surface area contributed by atoms with Crippen molar-refractivity contribution in [2.75, 3.05) is 12.3 Å². The van der Waals surface area contributed by atoms with Crippen LogP contribution in [0.15, 0.2) is 18.5 Å². The molecule has 2 atom stereocenters. The minimum atomic E-state index is -0.214. The number of fused-ring (bicyclic) bond motifs is 1. The smallest absolute Gasteiger partial charge is 0.308 e. The monoisotopic (exact) mass is 318 g/mol. The van der Waals surface area contributed by atoms with Gasteiger partial charge < -0.3 is 15.2 Å². The highest BCUT2D eigenvalue weighted by atomic mass is 16.6. The zero-order valence-corrected chi connectivity index (χ0v) is 14.0. The van der Waals surface area contributed by atoms with Gasteiger partial charge in [0.1, 0.15) is 26.3 Å². The molecule has 23 heavy (non-hydrogen) atoms. The summed E-state index contributed by atoms with van der Waals surface area (Å²) in [5.74, 6) is 0.0730. The second kappa shape index (κ2) is 7.46. The maximum atomic E-state index is 11.6. The minimum Gasteiger partial charge on any atom is -0.463 e. The van der Waals surface area contributed by atoms with Crippen LogP contribution in [0, 0.1) is 5.92 Å². The highest BCUT2D eigenvalue weighted by molar-refractivity contribution is 6.08. The van der Waals surface area contributed by atoms with Crippen molar-refractivity contribution < 1.29 is 14.3 Å². The normalized spacial score (nSPS) is 14.1. The lowest BCUT2D eigenvalue weighted by Crippen LogP contribution is -2.25. The Hall–Kier alpha value is -2.09. The fourth-order valence-corrected chi connectivity index (χ4v) is 2.23. The van der Waals surface area contributed by atoms with E-state index in [4.69, 9.17) is 15.2 Å². The predicted octanol–water partition coefficient (Wildman–Crippen LogP) is 1.01. The summed E-state index contributed by atoms with van der Waals surface area (Å²) in [4.78, 5) is 15.5. The largest absolute Gasteiger partial charge is 0.463 e. The molecule has 0 saturated carbocycles. The van der Waals surface area contributed by atoms with Gasteiger partial charge >= 0.3 is 5.97 Å². The molecule has 0 fully saturated rings. The molecule has 0 bridgehead atoms. The number of carbonyl (C=O) groups is 1. The van der Waals surface area contributed by atoms with E-state index >= 15 is 0 Å². The molecule has 0 aromatic carbocycles. The number of nitrogens with two attached hydrogens (primary N) is 1. The zero-order chi connectivity index (χ0) is 17.0. The molecule has 0 spiro atoms. The number of esters is 1. The van der Waals surface area contributed by atoms with Gasteiger partial charge in [-0.1, -0.05) is 20.2 Å². The average Bonchev–Trinajstić information content (AvgIpc) is 2.96. The first-order valence-electron chi connectivity index (χ1n) is 7.84. The molecular weight excluding hydrogens is 295 g/mol. The topological polar surface area (TPSA) is 91.7 Å². The number of nitrogens with zero attached hydrogens (tertiary/aromatic N) is 3. The summed E-state index contributed by atoms with van der Waals surface area (Å²) < 4.78 is 13.0. The molecule has 2 aromatic heterocycles. The highest BCUT2D eigenvalue weighted by Crippen LogP contribution is 2.23. The quantitative estimate of drug-likeness (QED) is 0.605. The van der Waals surface area contributed by atoms with E-state index in [1.165, 1.54) is 6.33 Å². The van der Waals surface area contributed by atoms with Crippen LogP contribution in [0.1, 0.15) is 32.6 Å². The van der Waals surface area contributed by atoms with Gasteiger partial charge in [0.05, 0.1) is 23.8 Å². The van der Waals surface area contributed by atoms with Crippen LogP contribution >= 0.6 is 0 Å². The van der Waals surface area contributed by atoms with Crippen molar-refractivity contribution >= 4 is 25.2 Å². The number of hydrogen-bond donors (Lipinski definition) is 1. The molecule has 0 aliphatic rings. The standard InChI is InChI=1S/C15H23BN4O3/c1-9(2)15(21)22-7-11(6-16)23-10(3)12-4-5-13-14(17)18-8-19-20(12)13/h4-5,8-11H,6-7,16H2,1-3H3,(H2,17,18,19)/t10?,11-/m0/s1. The van der Waals surface area contributed by atoms with Gasteiger partial charge in [0, 0.05) is 0 Å². The van der Waals surface area contributed by atoms with Crippen LogP contribution < -0.4 is 5.73 Å². The van der Waals surface area contributed by atoms with Crippen molar-refractivity contribution in [3.63, 3.8) is 0 Å². The van der Waals surface area contributed by atoms with Gasteiger partial charge in [-0.3, -0.25) is 4.79 Å². The fraction of sp³-hybridized carbons (Fsp3) is 0.533. The molecule has 0 saturated heterocycles. The first-order chi connectivity index (χ1) is 10.9. The number of carbonyl (C=O) groups excluding carboxylic acids is 1. The third kappa shape index (κ3) is 4.01. The Morgan fingerprint density at radius 2 is 2.13 bits per heavy atom. The van der Waals surface area contributed by atoms with Crippen molar-refractivity contribution in [2.45, 2.75) is 39.3 Å². The summed E-state index contributed by atoms with van der Waals surface area (Å²) in [6.45, 7) is 5.80. The third-order valence-electron chi connectivity index (χ3n) is 3.66. The lowest BCUT2D eigenvalue weighted by Gasteiger charge is -2.21. The van der Waals surface area contributed by atoms with E-state index in [1.807, 2.05) is 40.8 Å². The second-order valence-corrected chi connectivity index (χ2v) is 5.79. The van der Waals surface area contributed by atoms with E-state index in [2.05, 4.69) is 10.1 Å². The molecule has 0 amide bonds. The van der Waals surface area contributed by atoms with E-state index in [1.54, 1.807) is 4.52 Å². The van der Waals surface area contributed by atoms with Gasteiger partial charge in [0.25, 0.3) is 0 Å². The van der Waals surface area contributed by atoms with Crippen LogP contribution in [-0.2, 0) is 14.3 Å². The van der Waals surface area contributed by atoms with Crippen molar-refractivity contribution in [2.24, 2.45) is 5.92 Å². The Morgan fingerprint density at radius 1 is 1.39 bits per heavy atom. The predicted molar refractivity (Wildman–Crippen MR) is 89.8 cm³/mol. The summed E-state index contributed by atoms with van der Waals surface area (Å²) >= 11 is 0. The molecule has 124 valence electrons. The van der Waals surface area contributed by atoms with E-state index in [-0.39, 0.29) is 30.7 Å². The maximum Gasteiger partial charge on any atom is 0.308 e. The van der Waals surface area contributed by atoms with Crippen molar-refractivity contribution in [1.29, 1.82) is 0 Å². The lowest BCUT2D eigenvalue weighted by molar-refractivity contribution is -0.152. The molecule has 2 heterocycles. The fourth-order valence-electron chi connectivity index (χ4n) is 2.23. The SMILES string of the molecule is BC[C@@H](COC(=O)C(C)C)OC(C)c1ccc2c(N)ncnn12. The Kier molecular flexibility index (Phi) is 5.60. The maximum absolute atomic E-state index is 11.6.